The minimum absolute atomic E-state index is 0.707. The van der Waals surface area contributed by atoms with Crippen molar-refractivity contribution in [3.63, 3.8) is 0 Å². The molecule has 0 amide bonds. The molecular weight excluding hydrogens is 188 g/mol. The molecule has 1 nitrogen and oxygen atoms in total. The molecule has 72 valence electrons. The molecule has 0 aliphatic rings. The fraction of sp³-hybridized carbons (Fsp3) is 0.0833. The summed E-state index contributed by atoms with van der Waals surface area (Å²) in [7, 11) is -1.70. The van der Waals surface area contributed by atoms with Gasteiger partial charge in [0.1, 0.15) is 14.4 Å². The minimum Gasteiger partial charge on any atom is -0.298 e. The summed E-state index contributed by atoms with van der Waals surface area (Å²) in [5, 5.41) is 1.23. The Bertz CT molecular complexity index is 343. The molecule has 0 bridgehead atoms. The predicted molar refractivity (Wildman–Crippen MR) is 63.5 cm³/mol. The molecular formula is C12H14OSi. The Morgan fingerprint density at radius 2 is 1.64 bits per heavy atom. The van der Waals surface area contributed by atoms with E-state index in [1.807, 2.05) is 35.7 Å². The Balaban J connectivity index is 3.13. The van der Waals surface area contributed by atoms with Crippen LogP contribution in [-0.4, -0.2) is 14.4 Å². The second-order valence-electron chi connectivity index (χ2n) is 3.43. The number of hydrogen-bond donors (Lipinski definition) is 0. The van der Waals surface area contributed by atoms with E-state index in [1.165, 1.54) is 5.19 Å². The summed E-state index contributed by atoms with van der Waals surface area (Å²) >= 11 is 0. The average Bonchev–Trinajstić information content (AvgIpc) is 2.28. The molecule has 0 saturated heterocycles. The lowest BCUT2D eigenvalue weighted by molar-refractivity contribution is 0.112. The summed E-state index contributed by atoms with van der Waals surface area (Å²) < 4.78 is 0. The Hall–Kier alpha value is -1.41. The number of carbonyl (C=O) groups excluding carboxylic acids is 1. The average molecular weight is 202 g/mol. The summed E-state index contributed by atoms with van der Waals surface area (Å²) in [4.78, 5) is 10.5. The lowest BCUT2D eigenvalue weighted by Gasteiger charge is -2.18. The standard InChI is InChI=1S/C12H14OSi/c1-4-14(3,5-2)12-8-6-11(10-13)7-9-12/h4-10H,1-2H2,3H3. The van der Waals surface area contributed by atoms with Gasteiger partial charge in [0.25, 0.3) is 0 Å². The van der Waals surface area contributed by atoms with Crippen molar-refractivity contribution in [2.45, 2.75) is 6.55 Å². The van der Waals surface area contributed by atoms with Crippen molar-refractivity contribution in [3.8, 4) is 0 Å². The van der Waals surface area contributed by atoms with Crippen LogP contribution in [0.15, 0.2) is 48.8 Å². The van der Waals surface area contributed by atoms with Crippen molar-refractivity contribution in [3.05, 3.63) is 54.4 Å². The second kappa shape index (κ2) is 4.20. The molecule has 0 fully saturated rings. The van der Waals surface area contributed by atoms with E-state index in [0.29, 0.717) is 5.56 Å². The fourth-order valence-corrected chi connectivity index (χ4v) is 2.76. The molecule has 0 atom stereocenters. The zero-order valence-electron chi connectivity index (χ0n) is 8.36. The highest BCUT2D eigenvalue weighted by atomic mass is 28.3. The summed E-state index contributed by atoms with van der Waals surface area (Å²) in [6, 6.07) is 7.64. The molecule has 0 radical (unpaired) electrons. The normalized spacial score (nSPS) is 10.6. The quantitative estimate of drug-likeness (QED) is 0.540. The van der Waals surface area contributed by atoms with Crippen LogP contribution < -0.4 is 5.19 Å². The number of rotatable bonds is 4. The van der Waals surface area contributed by atoms with E-state index in [9.17, 15) is 4.79 Å². The minimum atomic E-state index is -1.70. The van der Waals surface area contributed by atoms with Crippen molar-refractivity contribution in [1.82, 2.24) is 0 Å². The first kappa shape index (κ1) is 10.7. The van der Waals surface area contributed by atoms with Gasteiger partial charge in [-0.05, 0) is 0 Å². The van der Waals surface area contributed by atoms with Crippen LogP contribution in [0.25, 0.3) is 0 Å². The van der Waals surface area contributed by atoms with Gasteiger partial charge in [0, 0.05) is 5.56 Å². The maximum Gasteiger partial charge on any atom is 0.150 e. The van der Waals surface area contributed by atoms with Gasteiger partial charge in [0.2, 0.25) is 0 Å². The predicted octanol–water partition coefficient (Wildman–Crippen LogP) is 2.24. The van der Waals surface area contributed by atoms with Gasteiger partial charge in [-0.1, -0.05) is 47.4 Å². The van der Waals surface area contributed by atoms with Crippen LogP contribution >= 0.6 is 0 Å². The Morgan fingerprint density at radius 1 is 1.14 bits per heavy atom. The summed E-state index contributed by atoms with van der Waals surface area (Å²) in [5.74, 6) is 0. The van der Waals surface area contributed by atoms with E-state index in [1.54, 1.807) is 0 Å². The number of benzene rings is 1. The van der Waals surface area contributed by atoms with Crippen LogP contribution in [0.1, 0.15) is 10.4 Å². The van der Waals surface area contributed by atoms with E-state index in [2.05, 4.69) is 19.7 Å². The van der Waals surface area contributed by atoms with Gasteiger partial charge in [-0.15, -0.1) is 13.2 Å². The highest BCUT2D eigenvalue weighted by molar-refractivity contribution is 6.98. The van der Waals surface area contributed by atoms with Crippen molar-refractivity contribution >= 4 is 19.5 Å². The maximum absolute atomic E-state index is 10.5. The molecule has 1 aromatic rings. The van der Waals surface area contributed by atoms with Gasteiger partial charge in [-0.2, -0.15) is 0 Å². The molecule has 0 heterocycles. The Morgan fingerprint density at radius 3 is 2.00 bits per heavy atom. The third kappa shape index (κ3) is 1.91. The smallest absolute Gasteiger partial charge is 0.150 e. The molecule has 0 aliphatic heterocycles. The molecule has 14 heavy (non-hydrogen) atoms. The third-order valence-corrected chi connectivity index (χ3v) is 5.79. The van der Waals surface area contributed by atoms with Gasteiger partial charge >= 0.3 is 0 Å². The molecule has 0 N–H and O–H groups in total. The van der Waals surface area contributed by atoms with E-state index >= 15 is 0 Å². The Labute approximate surface area is 85.8 Å². The Kier molecular flexibility index (Phi) is 3.20. The van der Waals surface area contributed by atoms with Gasteiger partial charge in [0.15, 0.2) is 0 Å². The van der Waals surface area contributed by atoms with E-state index in [4.69, 9.17) is 0 Å². The number of hydrogen-bond acceptors (Lipinski definition) is 1. The lowest BCUT2D eigenvalue weighted by atomic mass is 10.2. The molecule has 1 aromatic carbocycles. The zero-order valence-corrected chi connectivity index (χ0v) is 9.36. The first-order valence-corrected chi connectivity index (χ1v) is 7.14. The van der Waals surface area contributed by atoms with Crippen molar-refractivity contribution in [2.75, 3.05) is 0 Å². The molecule has 0 aliphatic carbocycles. The molecule has 2 heteroatoms. The van der Waals surface area contributed by atoms with E-state index in [0.717, 1.165) is 6.29 Å². The van der Waals surface area contributed by atoms with Crippen LogP contribution in [0, 0.1) is 0 Å². The highest BCUT2D eigenvalue weighted by Gasteiger charge is 2.20. The topological polar surface area (TPSA) is 17.1 Å². The van der Waals surface area contributed by atoms with Gasteiger partial charge in [-0.3, -0.25) is 4.79 Å². The van der Waals surface area contributed by atoms with Crippen molar-refractivity contribution in [1.29, 1.82) is 0 Å². The zero-order chi connectivity index (χ0) is 10.6. The first-order valence-electron chi connectivity index (χ1n) is 4.49. The van der Waals surface area contributed by atoms with Gasteiger partial charge < -0.3 is 0 Å². The monoisotopic (exact) mass is 202 g/mol. The lowest BCUT2D eigenvalue weighted by Crippen LogP contribution is -2.40. The number of aldehydes is 1. The molecule has 1 rings (SSSR count). The van der Waals surface area contributed by atoms with Crippen LogP contribution in [0.5, 0.6) is 0 Å². The fourth-order valence-electron chi connectivity index (χ4n) is 1.24. The number of carbonyl (C=O) groups is 1. The van der Waals surface area contributed by atoms with Gasteiger partial charge in [0.05, 0.1) is 0 Å². The first-order chi connectivity index (χ1) is 6.66. The third-order valence-electron chi connectivity index (χ3n) is 2.52. The van der Waals surface area contributed by atoms with Crippen LogP contribution in [0.2, 0.25) is 6.55 Å². The summed E-state index contributed by atoms with van der Waals surface area (Å²) in [6.45, 7) is 9.86. The summed E-state index contributed by atoms with van der Waals surface area (Å²) in [6.07, 6.45) is 0.852. The molecule has 0 aromatic heterocycles. The van der Waals surface area contributed by atoms with Crippen molar-refractivity contribution < 1.29 is 4.79 Å². The van der Waals surface area contributed by atoms with E-state index in [-0.39, 0.29) is 0 Å². The van der Waals surface area contributed by atoms with E-state index < -0.39 is 8.07 Å². The van der Waals surface area contributed by atoms with Crippen molar-refractivity contribution in [2.24, 2.45) is 0 Å². The molecule has 0 saturated carbocycles. The molecule has 0 unspecified atom stereocenters. The highest BCUT2D eigenvalue weighted by Crippen LogP contribution is 2.06. The largest absolute Gasteiger partial charge is 0.298 e. The second-order valence-corrected chi connectivity index (χ2v) is 7.39. The summed E-state index contributed by atoms with van der Waals surface area (Å²) in [5.41, 5.74) is 4.67. The maximum atomic E-state index is 10.5. The van der Waals surface area contributed by atoms with Crippen LogP contribution in [0.3, 0.4) is 0 Å². The van der Waals surface area contributed by atoms with Crippen LogP contribution in [-0.2, 0) is 0 Å². The van der Waals surface area contributed by atoms with Gasteiger partial charge in [-0.25, -0.2) is 0 Å². The molecule has 0 spiro atoms. The SMILES string of the molecule is C=C[Si](C)(C=C)c1ccc(C=O)cc1. The van der Waals surface area contributed by atoms with Crippen LogP contribution in [0.4, 0.5) is 0 Å².